The molecule has 2 atom stereocenters. The van der Waals surface area contributed by atoms with Gasteiger partial charge in [-0.25, -0.2) is 0 Å². The third kappa shape index (κ3) is 3.92. The van der Waals surface area contributed by atoms with E-state index in [9.17, 15) is 5.11 Å². The predicted molar refractivity (Wildman–Crippen MR) is 118 cm³/mol. The number of halogens is 2. The van der Waals surface area contributed by atoms with Gasteiger partial charge in [0.1, 0.15) is 5.60 Å². The maximum atomic E-state index is 12.4. The van der Waals surface area contributed by atoms with E-state index in [1.807, 2.05) is 84.9 Å². The van der Waals surface area contributed by atoms with Crippen molar-refractivity contribution in [2.45, 2.75) is 11.5 Å². The molecular formula is C25H19Cl2NO. The summed E-state index contributed by atoms with van der Waals surface area (Å²) in [7, 11) is 0. The fourth-order valence-corrected chi connectivity index (χ4v) is 3.98. The van der Waals surface area contributed by atoms with E-state index in [4.69, 9.17) is 23.2 Å². The zero-order valence-corrected chi connectivity index (χ0v) is 17.1. The first-order valence-electron chi connectivity index (χ1n) is 9.29. The van der Waals surface area contributed by atoms with Gasteiger partial charge in [0.2, 0.25) is 0 Å². The third-order valence-electron chi connectivity index (χ3n) is 5.10. The van der Waals surface area contributed by atoms with Crippen LogP contribution in [0.1, 0.15) is 28.3 Å². The fraction of sp³-hybridized carbons (Fsp3) is 0.0800. The molecule has 29 heavy (non-hydrogen) atoms. The number of benzene rings is 3. The molecular weight excluding hydrogens is 401 g/mol. The van der Waals surface area contributed by atoms with E-state index in [1.165, 1.54) is 0 Å². The van der Waals surface area contributed by atoms with Gasteiger partial charge >= 0.3 is 0 Å². The molecule has 4 rings (SSSR count). The first kappa shape index (κ1) is 19.7. The Labute approximate surface area is 180 Å². The lowest BCUT2D eigenvalue weighted by atomic mass is 9.71. The molecule has 0 radical (unpaired) electrons. The van der Waals surface area contributed by atoms with Crippen molar-refractivity contribution in [1.82, 2.24) is 4.98 Å². The lowest BCUT2D eigenvalue weighted by Gasteiger charge is -2.37. The minimum Gasteiger partial charge on any atom is -0.379 e. The van der Waals surface area contributed by atoms with Crippen molar-refractivity contribution >= 4 is 23.2 Å². The van der Waals surface area contributed by atoms with Crippen LogP contribution in [0.25, 0.3) is 0 Å². The van der Waals surface area contributed by atoms with E-state index < -0.39 is 11.5 Å². The summed E-state index contributed by atoms with van der Waals surface area (Å²) in [6.07, 6.45) is 1.74. The molecule has 0 bridgehead atoms. The second-order valence-electron chi connectivity index (χ2n) is 6.88. The Morgan fingerprint density at radius 3 is 1.79 bits per heavy atom. The summed E-state index contributed by atoms with van der Waals surface area (Å²) in [5.41, 5.74) is 1.81. The minimum absolute atomic E-state index is 0.454. The number of rotatable bonds is 5. The largest absolute Gasteiger partial charge is 0.379 e. The van der Waals surface area contributed by atoms with Crippen LogP contribution in [0.3, 0.4) is 0 Å². The molecule has 4 heteroatoms. The molecule has 2 nitrogen and oxygen atoms in total. The number of aromatic nitrogens is 1. The highest BCUT2D eigenvalue weighted by atomic mass is 35.5. The van der Waals surface area contributed by atoms with Gasteiger partial charge in [-0.3, -0.25) is 4.98 Å². The summed E-state index contributed by atoms with van der Waals surface area (Å²) in [6, 6.07) is 30.2. The number of hydrogen-bond donors (Lipinski definition) is 1. The summed E-state index contributed by atoms with van der Waals surface area (Å²) in [4.78, 5) is 4.59. The minimum atomic E-state index is -1.37. The second kappa shape index (κ2) is 8.38. The lowest BCUT2D eigenvalue weighted by Crippen LogP contribution is -2.36. The summed E-state index contributed by atoms with van der Waals surface area (Å²) >= 11 is 12.3. The molecule has 1 N–H and O–H groups in total. The van der Waals surface area contributed by atoms with Gasteiger partial charge in [-0.2, -0.15) is 0 Å². The molecule has 0 saturated heterocycles. The van der Waals surface area contributed by atoms with Crippen molar-refractivity contribution < 1.29 is 5.11 Å². The van der Waals surface area contributed by atoms with Crippen LogP contribution in [-0.2, 0) is 5.60 Å². The standard InChI is InChI=1S/C25H19Cl2NO/c26-21-13-9-18(10-14-21)24(23-8-4-5-17-28-23)25(29,19-6-2-1-3-7-19)20-11-15-22(27)16-12-20/h1-17,24,29H. The molecule has 3 aromatic carbocycles. The average Bonchev–Trinajstić information content (AvgIpc) is 2.77. The van der Waals surface area contributed by atoms with E-state index in [0.717, 1.165) is 22.4 Å². The molecule has 0 aliphatic heterocycles. The van der Waals surface area contributed by atoms with E-state index in [-0.39, 0.29) is 0 Å². The second-order valence-corrected chi connectivity index (χ2v) is 7.75. The highest BCUT2D eigenvalue weighted by molar-refractivity contribution is 6.30. The van der Waals surface area contributed by atoms with Crippen LogP contribution in [0, 0.1) is 0 Å². The van der Waals surface area contributed by atoms with Crippen molar-refractivity contribution in [2.75, 3.05) is 0 Å². The summed E-state index contributed by atoms with van der Waals surface area (Å²) in [6.45, 7) is 0. The van der Waals surface area contributed by atoms with Crippen LogP contribution in [0.5, 0.6) is 0 Å². The number of hydrogen-bond acceptors (Lipinski definition) is 2. The van der Waals surface area contributed by atoms with Crippen molar-refractivity contribution in [2.24, 2.45) is 0 Å². The molecule has 0 aliphatic rings. The van der Waals surface area contributed by atoms with E-state index in [1.54, 1.807) is 18.3 Å². The zero-order valence-electron chi connectivity index (χ0n) is 15.5. The zero-order chi connectivity index (χ0) is 20.3. The maximum absolute atomic E-state index is 12.4. The third-order valence-corrected chi connectivity index (χ3v) is 5.61. The molecule has 0 aliphatic carbocycles. The first-order valence-corrected chi connectivity index (χ1v) is 10.0. The Morgan fingerprint density at radius 2 is 1.21 bits per heavy atom. The Hall–Kier alpha value is -2.65. The summed E-state index contributed by atoms with van der Waals surface area (Å²) in [5, 5.41) is 13.6. The van der Waals surface area contributed by atoms with Crippen LogP contribution in [0.15, 0.2) is 103 Å². The number of nitrogens with zero attached hydrogens (tertiary/aromatic N) is 1. The Kier molecular flexibility index (Phi) is 5.68. The van der Waals surface area contributed by atoms with Gasteiger partial charge in [0.15, 0.2) is 0 Å². The van der Waals surface area contributed by atoms with Crippen LogP contribution >= 0.6 is 23.2 Å². The molecule has 0 fully saturated rings. The normalized spacial score (nSPS) is 14.2. The van der Waals surface area contributed by atoms with Gasteiger partial charge in [-0.05, 0) is 53.1 Å². The topological polar surface area (TPSA) is 33.1 Å². The van der Waals surface area contributed by atoms with E-state index >= 15 is 0 Å². The SMILES string of the molecule is OC(c1ccccc1)(c1ccc(Cl)cc1)C(c1ccc(Cl)cc1)c1ccccn1. The van der Waals surface area contributed by atoms with Crippen LogP contribution in [0.2, 0.25) is 10.0 Å². The van der Waals surface area contributed by atoms with Crippen molar-refractivity contribution in [3.05, 3.63) is 136 Å². The van der Waals surface area contributed by atoms with E-state index in [0.29, 0.717) is 10.0 Å². The molecule has 0 saturated carbocycles. The average molecular weight is 420 g/mol. The van der Waals surface area contributed by atoms with Crippen LogP contribution in [-0.4, -0.2) is 10.1 Å². The molecule has 144 valence electrons. The lowest BCUT2D eigenvalue weighted by molar-refractivity contribution is 0.0612. The monoisotopic (exact) mass is 419 g/mol. The Bertz CT molecular complexity index is 1070. The summed E-state index contributed by atoms with van der Waals surface area (Å²) in [5.74, 6) is -0.454. The smallest absolute Gasteiger partial charge is 0.127 e. The Morgan fingerprint density at radius 1 is 0.655 bits per heavy atom. The highest BCUT2D eigenvalue weighted by Crippen LogP contribution is 2.46. The van der Waals surface area contributed by atoms with Gasteiger partial charge in [-0.15, -0.1) is 0 Å². The van der Waals surface area contributed by atoms with E-state index in [2.05, 4.69) is 4.98 Å². The molecule has 1 aromatic heterocycles. The van der Waals surface area contributed by atoms with Gasteiger partial charge < -0.3 is 5.11 Å². The van der Waals surface area contributed by atoms with Crippen molar-refractivity contribution in [1.29, 1.82) is 0 Å². The number of aliphatic hydroxyl groups is 1. The molecule has 0 spiro atoms. The van der Waals surface area contributed by atoms with Gasteiger partial charge in [0.25, 0.3) is 0 Å². The predicted octanol–water partition coefficient (Wildman–Crippen LogP) is 6.46. The fourth-order valence-electron chi connectivity index (χ4n) is 3.72. The molecule has 4 aromatic rings. The van der Waals surface area contributed by atoms with Gasteiger partial charge in [0, 0.05) is 16.2 Å². The molecule has 1 heterocycles. The quantitative estimate of drug-likeness (QED) is 0.402. The van der Waals surface area contributed by atoms with Crippen LogP contribution in [0.4, 0.5) is 0 Å². The van der Waals surface area contributed by atoms with Crippen molar-refractivity contribution in [3.8, 4) is 0 Å². The summed E-state index contributed by atoms with van der Waals surface area (Å²) < 4.78 is 0. The first-order chi connectivity index (χ1) is 14.1. The van der Waals surface area contributed by atoms with Gasteiger partial charge in [-0.1, -0.05) is 83.9 Å². The molecule has 2 unspecified atom stereocenters. The van der Waals surface area contributed by atoms with Crippen LogP contribution < -0.4 is 0 Å². The number of pyridine rings is 1. The Balaban J connectivity index is 2.00. The maximum Gasteiger partial charge on any atom is 0.127 e. The molecule has 0 amide bonds. The van der Waals surface area contributed by atoms with Gasteiger partial charge in [0.05, 0.1) is 11.6 Å². The highest BCUT2D eigenvalue weighted by Gasteiger charge is 2.42. The van der Waals surface area contributed by atoms with Crippen molar-refractivity contribution in [3.63, 3.8) is 0 Å².